The molecule has 0 spiro atoms. The number of nitrogens with two attached hydrogens (primary N) is 1. The third kappa shape index (κ3) is 3.25. The highest BCUT2D eigenvalue weighted by molar-refractivity contribution is 5.95. The zero-order valence-electron chi connectivity index (χ0n) is 9.55. The van der Waals surface area contributed by atoms with Gasteiger partial charge in [-0.3, -0.25) is 4.79 Å². The molecule has 0 saturated heterocycles. The van der Waals surface area contributed by atoms with Crippen LogP contribution in [0.2, 0.25) is 0 Å². The Hall–Kier alpha value is -1.51. The van der Waals surface area contributed by atoms with Gasteiger partial charge in [-0.15, -0.1) is 0 Å². The van der Waals surface area contributed by atoms with Gasteiger partial charge in [0.25, 0.3) is 5.91 Å². The summed E-state index contributed by atoms with van der Waals surface area (Å²) in [5.74, 6) is 4.50. The van der Waals surface area contributed by atoms with Gasteiger partial charge in [0.05, 0.1) is 12.3 Å². The molecule has 100 valence electrons. The molecule has 0 fully saturated rings. The summed E-state index contributed by atoms with van der Waals surface area (Å²) >= 11 is 0. The predicted molar refractivity (Wildman–Crippen MR) is 63.2 cm³/mol. The standard InChI is InChI=1S/C11H16N2O5/c12-13(7-4-2-1-3-5-7)11(18)10(17)9(16)8(15)6-14/h1-5,8-10,14-17H,6,12H2/t8-,9-,10+/m1/s1. The van der Waals surface area contributed by atoms with Gasteiger partial charge < -0.3 is 20.4 Å². The average Bonchev–Trinajstić information content (AvgIpc) is 2.44. The van der Waals surface area contributed by atoms with Crippen molar-refractivity contribution < 1.29 is 25.2 Å². The molecule has 1 rings (SSSR count). The third-order valence-corrected chi connectivity index (χ3v) is 2.43. The molecule has 0 aromatic heterocycles. The Labute approximate surface area is 104 Å². The van der Waals surface area contributed by atoms with Crippen LogP contribution in [-0.4, -0.2) is 51.3 Å². The number of anilines is 1. The Bertz CT molecular complexity index is 386. The lowest BCUT2D eigenvalue weighted by atomic mass is 10.1. The molecule has 1 aromatic rings. The second kappa shape index (κ2) is 6.43. The first-order valence-electron chi connectivity index (χ1n) is 5.27. The molecule has 1 amide bonds. The molecule has 0 aliphatic carbocycles. The number of hydrogen-bond acceptors (Lipinski definition) is 6. The number of hydrogen-bond donors (Lipinski definition) is 5. The molecule has 7 heteroatoms. The van der Waals surface area contributed by atoms with E-state index in [1.165, 1.54) is 0 Å². The van der Waals surface area contributed by atoms with E-state index in [9.17, 15) is 15.0 Å². The number of aliphatic hydroxyl groups is 4. The SMILES string of the molecule is NN(C(=O)[C@@H](O)[C@H](O)[C@H](O)CO)c1ccccc1. The number of carbonyl (C=O) groups excluding carboxylic acids is 1. The normalized spacial score (nSPS) is 15.8. The average molecular weight is 256 g/mol. The number of aliphatic hydroxyl groups excluding tert-OH is 4. The first-order valence-corrected chi connectivity index (χ1v) is 5.27. The van der Waals surface area contributed by atoms with Crippen LogP contribution in [0.25, 0.3) is 0 Å². The second-order valence-corrected chi connectivity index (χ2v) is 3.73. The van der Waals surface area contributed by atoms with Crippen molar-refractivity contribution >= 4 is 11.6 Å². The maximum Gasteiger partial charge on any atom is 0.272 e. The van der Waals surface area contributed by atoms with Gasteiger partial charge >= 0.3 is 0 Å². The van der Waals surface area contributed by atoms with Crippen LogP contribution in [0.4, 0.5) is 5.69 Å². The van der Waals surface area contributed by atoms with Gasteiger partial charge in [-0.1, -0.05) is 18.2 Å². The molecule has 0 radical (unpaired) electrons. The number of rotatable bonds is 5. The highest BCUT2D eigenvalue weighted by atomic mass is 16.4. The largest absolute Gasteiger partial charge is 0.394 e. The molecule has 0 unspecified atom stereocenters. The highest BCUT2D eigenvalue weighted by Crippen LogP contribution is 2.12. The lowest BCUT2D eigenvalue weighted by Crippen LogP contribution is -2.52. The number of hydrazine groups is 1. The van der Waals surface area contributed by atoms with Crippen LogP contribution in [0.1, 0.15) is 0 Å². The minimum atomic E-state index is -1.92. The van der Waals surface area contributed by atoms with E-state index < -0.39 is 30.8 Å². The summed E-state index contributed by atoms with van der Waals surface area (Å²) in [6.07, 6.45) is -5.34. The minimum Gasteiger partial charge on any atom is -0.394 e. The maximum absolute atomic E-state index is 11.7. The molecule has 0 heterocycles. The number of nitrogens with zero attached hydrogens (tertiary/aromatic N) is 1. The topological polar surface area (TPSA) is 127 Å². The second-order valence-electron chi connectivity index (χ2n) is 3.73. The van der Waals surface area contributed by atoms with E-state index in [-0.39, 0.29) is 0 Å². The zero-order chi connectivity index (χ0) is 13.7. The molecule has 0 bridgehead atoms. The Morgan fingerprint density at radius 1 is 1.22 bits per heavy atom. The van der Waals surface area contributed by atoms with E-state index in [4.69, 9.17) is 16.1 Å². The van der Waals surface area contributed by atoms with Gasteiger partial charge in [0.1, 0.15) is 12.2 Å². The molecule has 1 aromatic carbocycles. The van der Waals surface area contributed by atoms with Crippen LogP contribution >= 0.6 is 0 Å². The van der Waals surface area contributed by atoms with Crippen molar-refractivity contribution in [3.63, 3.8) is 0 Å². The van der Waals surface area contributed by atoms with Crippen molar-refractivity contribution in [2.75, 3.05) is 11.6 Å². The van der Waals surface area contributed by atoms with Crippen molar-refractivity contribution in [1.82, 2.24) is 0 Å². The molecule has 6 N–H and O–H groups in total. The van der Waals surface area contributed by atoms with Crippen LogP contribution in [0.15, 0.2) is 30.3 Å². The monoisotopic (exact) mass is 256 g/mol. The molecular formula is C11H16N2O5. The van der Waals surface area contributed by atoms with Gasteiger partial charge in [0, 0.05) is 0 Å². The zero-order valence-corrected chi connectivity index (χ0v) is 9.55. The summed E-state index contributed by atoms with van der Waals surface area (Å²) in [4.78, 5) is 11.7. The summed E-state index contributed by atoms with van der Waals surface area (Å²) in [6, 6.07) is 8.10. The maximum atomic E-state index is 11.7. The molecule has 3 atom stereocenters. The lowest BCUT2D eigenvalue weighted by molar-refractivity contribution is -0.139. The van der Waals surface area contributed by atoms with Gasteiger partial charge in [0.2, 0.25) is 0 Å². The Morgan fingerprint density at radius 3 is 2.28 bits per heavy atom. The number of para-hydroxylation sites is 1. The van der Waals surface area contributed by atoms with Gasteiger partial charge in [0.15, 0.2) is 6.10 Å². The first-order chi connectivity index (χ1) is 8.49. The van der Waals surface area contributed by atoms with Crippen molar-refractivity contribution in [1.29, 1.82) is 0 Å². The van der Waals surface area contributed by atoms with E-state index in [2.05, 4.69) is 0 Å². The van der Waals surface area contributed by atoms with Crippen LogP contribution in [0.5, 0.6) is 0 Å². The minimum absolute atomic E-state index is 0.326. The summed E-state index contributed by atoms with van der Waals surface area (Å²) in [5, 5.41) is 37.3. The summed E-state index contributed by atoms with van der Waals surface area (Å²) < 4.78 is 0. The molecular weight excluding hydrogens is 240 g/mol. The quantitative estimate of drug-likeness (QED) is 0.235. The molecule has 18 heavy (non-hydrogen) atoms. The van der Waals surface area contributed by atoms with Gasteiger partial charge in [-0.2, -0.15) is 0 Å². The lowest BCUT2D eigenvalue weighted by Gasteiger charge is -2.25. The molecule has 7 nitrogen and oxygen atoms in total. The van der Waals surface area contributed by atoms with Gasteiger partial charge in [-0.05, 0) is 12.1 Å². The third-order valence-electron chi connectivity index (χ3n) is 2.43. The van der Waals surface area contributed by atoms with E-state index >= 15 is 0 Å². The van der Waals surface area contributed by atoms with E-state index in [1.54, 1.807) is 30.3 Å². The van der Waals surface area contributed by atoms with Crippen molar-refractivity contribution in [3.8, 4) is 0 Å². The van der Waals surface area contributed by atoms with E-state index in [0.717, 1.165) is 0 Å². The molecule has 0 aliphatic rings. The Balaban J connectivity index is 2.75. The van der Waals surface area contributed by atoms with Crippen LogP contribution in [0.3, 0.4) is 0 Å². The van der Waals surface area contributed by atoms with Gasteiger partial charge in [-0.25, -0.2) is 10.9 Å². The first kappa shape index (κ1) is 14.6. The fourth-order valence-electron chi connectivity index (χ4n) is 1.32. The Kier molecular flexibility index (Phi) is 5.20. The van der Waals surface area contributed by atoms with E-state index in [1.807, 2.05) is 0 Å². The van der Waals surface area contributed by atoms with Crippen LogP contribution < -0.4 is 10.9 Å². The number of amides is 1. The fourth-order valence-corrected chi connectivity index (χ4v) is 1.32. The summed E-state index contributed by atoms with van der Waals surface area (Å²) in [6.45, 7) is -0.776. The summed E-state index contributed by atoms with van der Waals surface area (Å²) in [7, 11) is 0. The predicted octanol–water partition coefficient (Wildman–Crippen LogP) is -2.03. The Morgan fingerprint density at radius 2 is 1.78 bits per heavy atom. The highest BCUT2D eigenvalue weighted by Gasteiger charge is 2.32. The van der Waals surface area contributed by atoms with Crippen molar-refractivity contribution in [2.45, 2.75) is 18.3 Å². The van der Waals surface area contributed by atoms with Crippen LogP contribution in [-0.2, 0) is 4.79 Å². The van der Waals surface area contributed by atoms with E-state index in [0.29, 0.717) is 10.7 Å². The summed E-state index contributed by atoms with van der Waals surface area (Å²) in [5.41, 5.74) is 0.326. The number of benzene rings is 1. The number of carbonyl (C=O) groups is 1. The van der Waals surface area contributed by atoms with Crippen LogP contribution in [0, 0.1) is 0 Å². The molecule has 0 aliphatic heterocycles. The fraction of sp³-hybridized carbons (Fsp3) is 0.364. The van der Waals surface area contributed by atoms with Crippen molar-refractivity contribution in [3.05, 3.63) is 30.3 Å². The molecule has 0 saturated carbocycles. The van der Waals surface area contributed by atoms with Crippen molar-refractivity contribution in [2.24, 2.45) is 5.84 Å². The smallest absolute Gasteiger partial charge is 0.272 e.